The van der Waals surface area contributed by atoms with Crippen LogP contribution in [0.1, 0.15) is 89.6 Å². The molecule has 1 saturated heterocycles. The molecule has 0 saturated carbocycles. The van der Waals surface area contributed by atoms with Gasteiger partial charge in [-0.2, -0.15) is 9.61 Å². The van der Waals surface area contributed by atoms with Crippen LogP contribution in [0, 0.1) is 19.7 Å². The maximum Gasteiger partial charge on any atom is 0.337 e. The molecule has 2 atom stereocenters. The Balaban J connectivity index is 1.55. The fourth-order valence-corrected chi connectivity index (χ4v) is 6.78. The summed E-state index contributed by atoms with van der Waals surface area (Å²) in [5.74, 6) is -0.247. The van der Waals surface area contributed by atoms with Crippen LogP contribution in [0.2, 0.25) is 0 Å². The Morgan fingerprint density at radius 3 is 2.54 bits per heavy atom. The molecule has 3 aliphatic heterocycles. The van der Waals surface area contributed by atoms with Crippen LogP contribution >= 0.6 is 0 Å². The third kappa shape index (κ3) is 6.91. The van der Waals surface area contributed by atoms with Gasteiger partial charge in [-0.05, 0) is 104 Å². The van der Waals surface area contributed by atoms with E-state index in [9.17, 15) is 9.90 Å². The average Bonchev–Trinajstić information content (AvgIpc) is 3.44. The molecular formula is C38H47FN4O5. The van der Waals surface area contributed by atoms with E-state index >= 15 is 4.39 Å². The van der Waals surface area contributed by atoms with Crippen molar-refractivity contribution in [3.8, 4) is 28.1 Å². The SMILES string of the molecule is Cc1ccc2c(c1F)-c1cccc(c1)-c1cc3nc(C)c([C@H](OC(C)(C)C)C(=O)O)c(n3n1)N1CCC(C)(CC1)OCCCC[C@@H](C)O2. The van der Waals surface area contributed by atoms with Gasteiger partial charge in [0.05, 0.1) is 34.1 Å². The summed E-state index contributed by atoms with van der Waals surface area (Å²) in [4.78, 5) is 19.9. The first kappa shape index (κ1) is 33.9. The van der Waals surface area contributed by atoms with Crippen molar-refractivity contribution in [2.45, 2.75) is 104 Å². The van der Waals surface area contributed by atoms with Crippen molar-refractivity contribution in [2.24, 2.45) is 0 Å². The molecule has 0 radical (unpaired) electrons. The number of aromatic nitrogens is 3. The smallest absolute Gasteiger partial charge is 0.337 e. The number of aliphatic carboxylic acids is 1. The molecule has 0 unspecified atom stereocenters. The van der Waals surface area contributed by atoms with Gasteiger partial charge in [-0.1, -0.05) is 24.3 Å². The molecule has 0 amide bonds. The summed E-state index contributed by atoms with van der Waals surface area (Å²) < 4.78 is 36.7. The van der Waals surface area contributed by atoms with Crippen LogP contribution in [-0.2, 0) is 14.3 Å². The summed E-state index contributed by atoms with van der Waals surface area (Å²) >= 11 is 0. The van der Waals surface area contributed by atoms with Gasteiger partial charge >= 0.3 is 5.97 Å². The van der Waals surface area contributed by atoms with Crippen molar-refractivity contribution in [3.63, 3.8) is 0 Å². The van der Waals surface area contributed by atoms with E-state index in [1.807, 2.05) is 71.0 Å². The lowest BCUT2D eigenvalue weighted by Crippen LogP contribution is -2.46. The van der Waals surface area contributed by atoms with E-state index < -0.39 is 17.7 Å². The number of anilines is 1. The maximum atomic E-state index is 15.9. The average molecular weight is 659 g/mol. The third-order valence-electron chi connectivity index (χ3n) is 9.41. The molecule has 10 heteroatoms. The van der Waals surface area contributed by atoms with E-state index in [-0.39, 0.29) is 17.5 Å². The first-order chi connectivity index (χ1) is 22.7. The van der Waals surface area contributed by atoms with Gasteiger partial charge in [0.1, 0.15) is 17.4 Å². The number of carboxylic acid groups (broad SMARTS) is 1. The van der Waals surface area contributed by atoms with E-state index in [4.69, 9.17) is 24.3 Å². The van der Waals surface area contributed by atoms with Gasteiger partial charge in [-0.15, -0.1) is 0 Å². The highest BCUT2D eigenvalue weighted by Crippen LogP contribution is 2.40. The minimum atomic E-state index is -1.26. The summed E-state index contributed by atoms with van der Waals surface area (Å²) in [5.41, 5.74) is 3.65. The zero-order valence-corrected chi connectivity index (χ0v) is 29.1. The standard InChI is InChI=1S/C38H47FN4O5/c1-23-14-15-29-32(33(23)39)27-13-10-12-26(21-27)28-22-30-40-25(3)31(34(36(44)45)48-37(4,5)6)35(43(30)41-28)42-18-16-38(7,17-19-42)46-20-9-8-11-24(2)47-29/h10,12-15,21-22,24,34H,8-9,11,16-20H2,1-7H3,(H,44,45)/t24-,34+/m1/s1. The van der Waals surface area contributed by atoms with Crippen LogP contribution in [0.5, 0.6) is 5.75 Å². The molecule has 4 aromatic rings. The zero-order valence-electron chi connectivity index (χ0n) is 29.1. The lowest BCUT2D eigenvalue weighted by Gasteiger charge is -2.41. The largest absolute Gasteiger partial charge is 0.490 e. The number of hydrogen-bond acceptors (Lipinski definition) is 7. The van der Waals surface area contributed by atoms with E-state index in [1.165, 1.54) is 0 Å². The minimum absolute atomic E-state index is 0.101. The van der Waals surface area contributed by atoms with Gasteiger partial charge in [-0.3, -0.25) is 0 Å². The molecule has 3 aliphatic rings. The van der Waals surface area contributed by atoms with Crippen LogP contribution < -0.4 is 9.64 Å². The Kier molecular flexibility index (Phi) is 9.26. The molecule has 2 aromatic heterocycles. The Morgan fingerprint density at radius 2 is 1.83 bits per heavy atom. The second-order valence-corrected chi connectivity index (χ2v) is 14.5. The van der Waals surface area contributed by atoms with Crippen molar-refractivity contribution >= 4 is 17.4 Å². The van der Waals surface area contributed by atoms with Gasteiger partial charge in [0.25, 0.3) is 0 Å². The molecule has 6 bridgehead atoms. The van der Waals surface area contributed by atoms with Crippen molar-refractivity contribution in [3.05, 3.63) is 65.1 Å². The third-order valence-corrected chi connectivity index (χ3v) is 9.41. The highest BCUT2D eigenvalue weighted by molar-refractivity contribution is 5.80. The van der Waals surface area contributed by atoms with Crippen LogP contribution in [0.4, 0.5) is 10.2 Å². The Hall–Kier alpha value is -4.02. The summed E-state index contributed by atoms with van der Waals surface area (Å²) in [5, 5.41) is 15.5. The number of carbonyl (C=O) groups is 1. The molecule has 256 valence electrons. The van der Waals surface area contributed by atoms with E-state index in [2.05, 4.69) is 11.8 Å². The molecule has 48 heavy (non-hydrogen) atoms. The molecule has 7 rings (SSSR count). The predicted molar refractivity (Wildman–Crippen MR) is 184 cm³/mol. The zero-order chi connectivity index (χ0) is 34.4. The molecular weight excluding hydrogens is 611 g/mol. The summed E-state index contributed by atoms with van der Waals surface area (Å²) in [7, 11) is 0. The summed E-state index contributed by atoms with van der Waals surface area (Å²) in [6, 6.07) is 13.1. The Morgan fingerprint density at radius 1 is 1.10 bits per heavy atom. The number of halogens is 1. The number of fused-ring (bicyclic) bond motifs is 8. The number of carboxylic acids is 1. The molecule has 9 nitrogen and oxygen atoms in total. The molecule has 0 spiro atoms. The molecule has 2 aromatic carbocycles. The Labute approximate surface area is 282 Å². The minimum Gasteiger partial charge on any atom is -0.490 e. The highest BCUT2D eigenvalue weighted by atomic mass is 19.1. The molecule has 1 N–H and O–H groups in total. The number of nitrogens with zero attached hydrogens (tertiary/aromatic N) is 4. The number of benzene rings is 2. The lowest BCUT2D eigenvalue weighted by molar-refractivity contribution is -0.160. The fourth-order valence-electron chi connectivity index (χ4n) is 6.78. The second-order valence-electron chi connectivity index (χ2n) is 14.5. The maximum absolute atomic E-state index is 15.9. The number of rotatable bonds is 3. The van der Waals surface area contributed by atoms with Gasteiger partial charge in [0.15, 0.2) is 11.8 Å². The molecule has 1 fully saturated rings. The second kappa shape index (κ2) is 13.1. The van der Waals surface area contributed by atoms with Crippen molar-refractivity contribution < 1.29 is 28.5 Å². The van der Waals surface area contributed by atoms with Crippen molar-refractivity contribution in [2.75, 3.05) is 24.6 Å². The topological polar surface area (TPSA) is 98.4 Å². The van der Waals surface area contributed by atoms with Crippen molar-refractivity contribution in [1.29, 1.82) is 0 Å². The summed E-state index contributed by atoms with van der Waals surface area (Å²) in [6.45, 7) is 15.2. The van der Waals surface area contributed by atoms with Crippen molar-refractivity contribution in [1.82, 2.24) is 14.6 Å². The molecule has 0 aliphatic carbocycles. The van der Waals surface area contributed by atoms with Gasteiger partial charge in [0, 0.05) is 37.0 Å². The molecule has 5 heterocycles. The highest BCUT2D eigenvalue weighted by Gasteiger charge is 2.38. The normalized spacial score (nSPS) is 21.2. The fraction of sp³-hybridized carbons (Fsp3) is 0.500. The number of aryl methyl sites for hydroxylation is 2. The quantitative estimate of drug-likeness (QED) is 0.236. The van der Waals surface area contributed by atoms with E-state index in [0.717, 1.165) is 37.7 Å². The Bertz CT molecular complexity index is 1820. The van der Waals surface area contributed by atoms with Crippen LogP contribution in [0.3, 0.4) is 0 Å². The summed E-state index contributed by atoms with van der Waals surface area (Å²) in [6.07, 6.45) is 2.81. The van der Waals surface area contributed by atoms with Gasteiger partial charge in [0.2, 0.25) is 0 Å². The first-order valence-electron chi connectivity index (χ1n) is 17.0. The van der Waals surface area contributed by atoms with E-state index in [1.54, 1.807) is 17.5 Å². The van der Waals surface area contributed by atoms with Crippen LogP contribution in [-0.4, -0.2) is 62.7 Å². The number of ether oxygens (including phenoxy) is 3. The van der Waals surface area contributed by atoms with Crippen LogP contribution in [0.25, 0.3) is 28.0 Å². The van der Waals surface area contributed by atoms with Gasteiger partial charge in [-0.25, -0.2) is 14.2 Å². The predicted octanol–water partition coefficient (Wildman–Crippen LogP) is 8.09. The monoisotopic (exact) mass is 658 g/mol. The number of hydrogen-bond donors (Lipinski definition) is 1. The van der Waals surface area contributed by atoms with Gasteiger partial charge < -0.3 is 24.2 Å². The number of piperidine rings is 1. The van der Waals surface area contributed by atoms with Crippen LogP contribution in [0.15, 0.2) is 42.5 Å². The lowest BCUT2D eigenvalue weighted by atomic mass is 9.92. The van der Waals surface area contributed by atoms with E-state index in [0.29, 0.717) is 70.6 Å². The first-order valence-corrected chi connectivity index (χ1v) is 17.0.